The molecular weight excluding hydrogens is 1910 g/mol. The molecule has 1 aliphatic heterocycles. The number of phenols is 1. The van der Waals surface area contributed by atoms with Crippen LogP contribution in [0.5, 0.6) is 5.75 Å². The third kappa shape index (κ3) is 44.4. The number of carboxylic acid groups (broad SMARTS) is 2. The van der Waals surface area contributed by atoms with Crippen LogP contribution in [0.15, 0.2) is 91.4 Å². The van der Waals surface area contributed by atoms with Crippen molar-refractivity contribution in [3.05, 3.63) is 108 Å². The lowest BCUT2D eigenvalue weighted by molar-refractivity contribution is -0.142. The molecule has 4 aromatic rings. The van der Waals surface area contributed by atoms with Crippen molar-refractivity contribution in [2.24, 2.45) is 35.0 Å². The molecule has 27 N–H and O–H groups in total. The Hall–Kier alpha value is -13.5. The van der Waals surface area contributed by atoms with E-state index in [1.54, 1.807) is 52.0 Å². The molecule has 1 aliphatic carbocycles. The predicted octanol–water partition coefficient (Wildman–Crippen LogP) is -1.74. The number of rotatable bonds is 47. The van der Waals surface area contributed by atoms with Gasteiger partial charge in [-0.05, 0) is 117 Å². The van der Waals surface area contributed by atoms with Crippen LogP contribution in [0.4, 0.5) is 0 Å². The van der Waals surface area contributed by atoms with Gasteiger partial charge in [0, 0.05) is 50.7 Å². The number of aromatic hydroxyl groups is 1. The number of aliphatic carboxylic acids is 2. The van der Waals surface area contributed by atoms with Crippen LogP contribution in [0.25, 0.3) is 11.1 Å². The van der Waals surface area contributed by atoms with Crippen molar-refractivity contribution in [2.75, 3.05) is 90.5 Å². The Labute approximate surface area is 846 Å². The molecule has 2 heterocycles. The molecule has 0 bridgehead atoms. The summed E-state index contributed by atoms with van der Waals surface area (Å²) in [5.41, 5.74) is 16.9. The first-order valence-corrected chi connectivity index (χ1v) is 50.2. The van der Waals surface area contributed by atoms with Gasteiger partial charge in [-0.3, -0.25) is 91.7 Å². The lowest BCUT2D eigenvalue weighted by Gasteiger charge is -2.29. The molecule has 1 saturated carbocycles. The number of carboxylic acids is 2. The summed E-state index contributed by atoms with van der Waals surface area (Å²) in [6.07, 6.45) is 4.00. The van der Waals surface area contributed by atoms with E-state index in [9.17, 15) is 82.4 Å². The van der Waals surface area contributed by atoms with Gasteiger partial charge in [-0.15, -0.1) is 11.8 Å². The zero-order valence-corrected chi connectivity index (χ0v) is 84.1. The lowest BCUT2D eigenvalue weighted by atomic mass is 9.98. The number of amides is 16. The van der Waals surface area contributed by atoms with Crippen molar-refractivity contribution in [3.8, 4) is 16.9 Å². The molecule has 1 spiro atoms. The zero-order chi connectivity index (χ0) is 107. The number of carbonyl (C=O) groups is 18. The van der Waals surface area contributed by atoms with E-state index < -0.39 is 240 Å². The van der Waals surface area contributed by atoms with Gasteiger partial charge in [0.1, 0.15) is 83.8 Å². The number of nitrogens with two attached hydrogens (primary N) is 3. The van der Waals surface area contributed by atoms with Crippen molar-refractivity contribution in [2.45, 2.75) is 255 Å². The number of hydrogen-bond acceptors (Lipinski definition) is 27. The van der Waals surface area contributed by atoms with Crippen LogP contribution in [0.1, 0.15) is 174 Å². The number of unbranched alkanes of at least 4 members (excludes halogenated alkanes) is 5. The maximum absolute atomic E-state index is 15.3. The average Bonchev–Trinajstić information content (AvgIpc) is 1.57. The molecule has 1 unspecified atom stereocenters. The Bertz CT molecular complexity index is 4890. The van der Waals surface area contributed by atoms with Crippen LogP contribution in [-0.2, 0) is 125 Å². The van der Waals surface area contributed by atoms with E-state index >= 15 is 19.2 Å². The number of ether oxygens (including phenoxy) is 4. The van der Waals surface area contributed by atoms with E-state index in [-0.39, 0.29) is 141 Å². The van der Waals surface area contributed by atoms with Crippen LogP contribution in [0.3, 0.4) is 0 Å². The number of thioether (sulfide) groups is 1. The average molecular weight is 2050 g/mol. The fraction of sp³-hybridized carbons (Fsp3) is 0.588. The smallest absolute Gasteiger partial charge is 0.309 e. The van der Waals surface area contributed by atoms with Crippen LogP contribution >= 0.6 is 11.8 Å². The number of nitrogens with one attached hydrogen (secondary N) is 18. The highest BCUT2D eigenvalue weighted by Gasteiger charge is 2.65. The minimum atomic E-state index is -2.29. The number of hydrogen-bond donors (Lipinski definition) is 24. The molecule has 2 aliphatic rings. The van der Waals surface area contributed by atoms with Gasteiger partial charge >= 0.3 is 11.9 Å². The summed E-state index contributed by atoms with van der Waals surface area (Å²) in [6.45, 7) is 11.6. The molecule has 14 atom stereocenters. The van der Waals surface area contributed by atoms with Gasteiger partial charge in [0.15, 0.2) is 5.96 Å². The number of H-pyrrole nitrogens is 1. The molecule has 800 valence electrons. The number of guanidine groups is 1. The minimum Gasteiger partial charge on any atom is -0.508 e. The Morgan fingerprint density at radius 3 is 1.56 bits per heavy atom. The van der Waals surface area contributed by atoms with E-state index in [1.807, 2.05) is 44.2 Å². The van der Waals surface area contributed by atoms with Gasteiger partial charge in [-0.25, -0.2) is 4.98 Å². The predicted molar refractivity (Wildman–Crippen MR) is 532 cm³/mol. The number of phenolic OH excluding ortho intramolecular Hbond substituents is 1. The SMILES string of the molecule is CCCCC[C@@H]1NC(=O)[C@H](CCCNC(=N)N)NC(=O)[C@H](C)NC(=O)CSC[C@@H](C(=O)NCCOCCOCCOCCOCCC(=O)N[C@@H](CCCCN)C(N)=O)NC(=O)[C@H](CC(=O)O)NC(=O)[C@H](CCCCC)NC(=O)[C@H](Cc2ccc(-c3ccccc3)cc2)NC(=O)[C@H](CC(C)C)NC(=O)[C@H](C(C)C)NC(=O)CNC(=O)C2(C[C@H]2C(=O)O)NC(=O)[C@H](Cc2c[nH]cn2)NC(=O)[C@H](Cc2ccc(O)cc2)NC1=O. The largest absolute Gasteiger partial charge is 0.508 e. The van der Waals surface area contributed by atoms with E-state index in [4.69, 9.17) is 41.6 Å². The van der Waals surface area contributed by atoms with Gasteiger partial charge < -0.3 is 142 Å². The second kappa shape index (κ2) is 64.3. The fourth-order valence-electron chi connectivity index (χ4n) is 15.4. The number of aromatic amines is 1. The molecule has 2 fully saturated rings. The second-order valence-corrected chi connectivity index (χ2v) is 37.3. The number of carbonyl (C=O) groups excluding carboxylic acids is 16. The van der Waals surface area contributed by atoms with E-state index in [0.717, 1.165) is 22.9 Å². The molecule has 0 radical (unpaired) electrons. The molecular formula is C97H146N22O25S. The molecule has 16 amide bonds. The summed E-state index contributed by atoms with van der Waals surface area (Å²) >= 11 is 0.758. The van der Waals surface area contributed by atoms with Gasteiger partial charge in [0.25, 0.3) is 0 Å². The summed E-state index contributed by atoms with van der Waals surface area (Å²) in [6, 6.07) is 3.44. The van der Waals surface area contributed by atoms with Gasteiger partial charge in [-0.2, -0.15) is 0 Å². The third-order valence-electron chi connectivity index (χ3n) is 23.5. The Kier molecular flexibility index (Phi) is 53.3. The van der Waals surface area contributed by atoms with Crippen molar-refractivity contribution in [1.82, 2.24) is 95.0 Å². The van der Waals surface area contributed by atoms with Crippen LogP contribution in [-0.4, -0.2) is 306 Å². The zero-order valence-electron chi connectivity index (χ0n) is 83.3. The first kappa shape index (κ1) is 120. The van der Waals surface area contributed by atoms with Crippen LogP contribution in [0.2, 0.25) is 0 Å². The highest BCUT2D eigenvalue weighted by Crippen LogP contribution is 2.44. The molecule has 3 aromatic carbocycles. The standard InChI is InChI=1S/C97H146N22O25S/c1-8-10-13-23-68-86(130)112-73(48-61-28-32-65(120)33-29-61)90(134)114-74(49-64-52-102-56-106-64)92(136)119-97(51-66(97)94(138)139)95(140)105-53-78(122)118-81(58(5)6)93(137)116-71(46-57(3)4)88(132)113-72(47-60-26-30-63(31-27-60)62-20-15-12-16-21-62)89(133)111-69(24-14-11-9-2)87(131)115-75(50-80(124)125)91(135)117-76(54-145-55-79(123)107-59(7)83(127)109-70(85(129)110-68)25-19-36-104-96(100)101)84(128)103-37-39-142-41-43-144-45-44-143-42-40-141-38-34-77(121)108-67(82(99)126)22-17-18-35-98/h12,15-16,20-21,26-33,52,56-59,66-76,81,120H,8-11,13-14,17-19,22-25,34-51,53-55,98H2,1-7H3,(H2,99,126)(H,102,106)(H,103,128)(H,105,140)(H,107,123)(H,108,121)(H,109,127)(H,110,129)(H,111,133)(H,112,130)(H,113,132)(H,114,134)(H,115,131)(H,116,137)(H,117,135)(H,118,122)(H,119,136)(H,124,125)(H,138,139)(H4,100,101,104)/t59-,66-,67-,68-,69-,70-,71-,72-,73-,74-,75-,76-,81-,97?/m0/s1. The lowest BCUT2D eigenvalue weighted by Crippen LogP contribution is -2.61. The number of imidazole rings is 1. The first-order valence-electron chi connectivity index (χ1n) is 49.0. The molecule has 47 nitrogen and oxygen atoms in total. The topological polar surface area (TPSA) is 728 Å². The number of nitrogens with zero attached hydrogens (tertiary/aromatic N) is 1. The highest BCUT2D eigenvalue weighted by molar-refractivity contribution is 8.00. The monoisotopic (exact) mass is 2050 g/mol. The second-order valence-electron chi connectivity index (χ2n) is 36.3. The Morgan fingerprint density at radius 1 is 0.538 bits per heavy atom. The maximum Gasteiger partial charge on any atom is 0.309 e. The van der Waals surface area contributed by atoms with Crippen molar-refractivity contribution in [1.29, 1.82) is 5.41 Å². The number of primary amides is 1. The molecule has 1 aromatic heterocycles. The highest BCUT2D eigenvalue weighted by atomic mass is 32.2. The molecule has 6 rings (SSSR count). The quantitative estimate of drug-likeness (QED) is 0.0133. The minimum absolute atomic E-state index is 0.00110. The van der Waals surface area contributed by atoms with Crippen molar-refractivity contribution in [3.63, 3.8) is 0 Å². The van der Waals surface area contributed by atoms with E-state index in [2.05, 4.69) is 95.0 Å². The Morgan fingerprint density at radius 2 is 1.04 bits per heavy atom. The fourth-order valence-corrected chi connectivity index (χ4v) is 16.3. The van der Waals surface area contributed by atoms with Crippen molar-refractivity contribution >= 4 is 124 Å². The summed E-state index contributed by atoms with van der Waals surface area (Å²) < 4.78 is 22.3. The first-order chi connectivity index (χ1) is 69.2. The van der Waals surface area contributed by atoms with Gasteiger partial charge in [-0.1, -0.05) is 147 Å². The Balaban J connectivity index is 1.35. The van der Waals surface area contributed by atoms with Crippen LogP contribution in [0, 0.1) is 23.2 Å². The van der Waals surface area contributed by atoms with E-state index in [0.29, 0.717) is 69.0 Å². The van der Waals surface area contributed by atoms with Gasteiger partial charge in [0.05, 0.1) is 89.5 Å². The van der Waals surface area contributed by atoms with Gasteiger partial charge in [0.2, 0.25) is 94.5 Å². The molecule has 1 saturated heterocycles. The molecule has 48 heteroatoms. The maximum atomic E-state index is 15.3. The normalized spacial score (nSPS) is 22.4. The summed E-state index contributed by atoms with van der Waals surface area (Å²) in [7, 11) is 0. The summed E-state index contributed by atoms with van der Waals surface area (Å²) in [4.78, 5) is 263. The number of benzene rings is 3. The number of aromatic nitrogens is 2. The molecule has 145 heavy (non-hydrogen) atoms. The van der Waals surface area contributed by atoms with Crippen LogP contribution < -0.4 is 102 Å². The third-order valence-corrected chi connectivity index (χ3v) is 24.6. The van der Waals surface area contributed by atoms with Crippen molar-refractivity contribution < 1.29 is 121 Å². The summed E-state index contributed by atoms with van der Waals surface area (Å²) in [5.74, 6) is -22.6. The summed E-state index contributed by atoms with van der Waals surface area (Å²) in [5, 5.41) is 80.6. The van der Waals surface area contributed by atoms with E-state index in [1.165, 1.54) is 43.7 Å².